The van der Waals surface area contributed by atoms with Gasteiger partial charge in [-0.15, -0.1) is 0 Å². The maximum atomic E-state index is 5.56. The first-order chi connectivity index (χ1) is 7.69. The molecular weight excluding hydrogens is 206 g/mol. The summed E-state index contributed by atoms with van der Waals surface area (Å²) in [6, 6.07) is 7.54. The summed E-state index contributed by atoms with van der Waals surface area (Å²) in [7, 11) is 1.48. The highest BCUT2D eigenvalue weighted by atomic mass is 16.6. The standard InChI is InChI=1S/C11H13N3O2/c1-7-5-8-6-9(3-4-10(8)16-7)13-11(12)14-15-2/h3-6H,1-2H3,(H3,12,13,14). The summed E-state index contributed by atoms with van der Waals surface area (Å²) in [5, 5.41) is 1.00. The quantitative estimate of drug-likeness (QED) is 0.459. The monoisotopic (exact) mass is 219 g/mol. The Bertz CT molecular complexity index is 531. The van der Waals surface area contributed by atoms with Crippen LogP contribution in [0.5, 0.6) is 0 Å². The number of guanidine groups is 1. The van der Waals surface area contributed by atoms with Crippen molar-refractivity contribution in [2.24, 2.45) is 10.7 Å². The molecular formula is C11H13N3O2. The molecule has 5 nitrogen and oxygen atoms in total. The number of hydrogen-bond acceptors (Lipinski definition) is 3. The minimum Gasteiger partial charge on any atom is -0.461 e. The lowest BCUT2D eigenvalue weighted by Crippen LogP contribution is -2.29. The molecule has 16 heavy (non-hydrogen) atoms. The van der Waals surface area contributed by atoms with Gasteiger partial charge in [0.1, 0.15) is 11.3 Å². The maximum Gasteiger partial charge on any atom is 0.218 e. The third kappa shape index (κ3) is 2.14. The molecule has 3 N–H and O–H groups in total. The van der Waals surface area contributed by atoms with Gasteiger partial charge in [0, 0.05) is 5.39 Å². The molecule has 1 aromatic heterocycles. The largest absolute Gasteiger partial charge is 0.461 e. The number of furan rings is 1. The Morgan fingerprint density at radius 2 is 2.25 bits per heavy atom. The zero-order valence-electron chi connectivity index (χ0n) is 9.15. The number of nitrogens with one attached hydrogen (secondary N) is 1. The fourth-order valence-corrected chi connectivity index (χ4v) is 1.50. The van der Waals surface area contributed by atoms with Crippen molar-refractivity contribution in [3.63, 3.8) is 0 Å². The average molecular weight is 219 g/mol. The summed E-state index contributed by atoms with van der Waals surface area (Å²) in [4.78, 5) is 8.77. The third-order valence-electron chi connectivity index (χ3n) is 2.08. The summed E-state index contributed by atoms with van der Waals surface area (Å²) in [5.41, 5.74) is 9.60. The van der Waals surface area contributed by atoms with Gasteiger partial charge in [0.25, 0.3) is 0 Å². The number of aliphatic imine (C=N–C) groups is 1. The van der Waals surface area contributed by atoms with Crippen molar-refractivity contribution >= 4 is 22.6 Å². The smallest absolute Gasteiger partial charge is 0.218 e. The third-order valence-corrected chi connectivity index (χ3v) is 2.08. The van der Waals surface area contributed by atoms with Crippen molar-refractivity contribution < 1.29 is 9.25 Å². The van der Waals surface area contributed by atoms with Gasteiger partial charge in [-0.3, -0.25) is 4.84 Å². The van der Waals surface area contributed by atoms with Crippen LogP contribution in [-0.4, -0.2) is 13.1 Å². The van der Waals surface area contributed by atoms with Crippen molar-refractivity contribution in [3.8, 4) is 0 Å². The van der Waals surface area contributed by atoms with E-state index in [1.807, 2.05) is 31.2 Å². The Kier molecular flexibility index (Phi) is 2.78. The molecule has 0 atom stereocenters. The Hall–Kier alpha value is -2.01. The highest BCUT2D eigenvalue weighted by molar-refractivity contribution is 5.84. The molecule has 0 aliphatic rings. The first-order valence-electron chi connectivity index (χ1n) is 4.82. The van der Waals surface area contributed by atoms with Gasteiger partial charge in [-0.1, -0.05) is 0 Å². The highest BCUT2D eigenvalue weighted by Gasteiger charge is 2.01. The molecule has 0 spiro atoms. The van der Waals surface area contributed by atoms with Crippen LogP contribution in [0.15, 0.2) is 33.7 Å². The first-order valence-corrected chi connectivity index (χ1v) is 4.82. The minimum absolute atomic E-state index is 0.210. The normalized spacial score (nSPS) is 12.0. The number of benzene rings is 1. The van der Waals surface area contributed by atoms with Gasteiger partial charge < -0.3 is 10.2 Å². The summed E-state index contributed by atoms with van der Waals surface area (Å²) >= 11 is 0. The van der Waals surface area contributed by atoms with Gasteiger partial charge >= 0.3 is 0 Å². The number of hydroxylamine groups is 1. The Morgan fingerprint density at radius 3 is 3.00 bits per heavy atom. The number of nitrogens with two attached hydrogens (primary N) is 1. The molecule has 1 aromatic carbocycles. The van der Waals surface area contributed by atoms with Crippen LogP contribution in [0.3, 0.4) is 0 Å². The number of nitrogens with zero attached hydrogens (tertiary/aromatic N) is 1. The minimum atomic E-state index is 0.210. The van der Waals surface area contributed by atoms with Crippen LogP contribution in [0.4, 0.5) is 5.69 Å². The molecule has 84 valence electrons. The van der Waals surface area contributed by atoms with Crippen LogP contribution in [-0.2, 0) is 4.84 Å². The lowest BCUT2D eigenvalue weighted by Gasteiger charge is -2.00. The van der Waals surface area contributed by atoms with Gasteiger partial charge in [0.2, 0.25) is 5.96 Å². The van der Waals surface area contributed by atoms with E-state index in [4.69, 9.17) is 10.2 Å². The van der Waals surface area contributed by atoms with E-state index < -0.39 is 0 Å². The first kappa shape index (κ1) is 10.5. The Morgan fingerprint density at radius 1 is 1.44 bits per heavy atom. The van der Waals surface area contributed by atoms with Gasteiger partial charge in [-0.05, 0) is 31.2 Å². The van der Waals surface area contributed by atoms with Gasteiger partial charge in [-0.25, -0.2) is 10.5 Å². The van der Waals surface area contributed by atoms with Crippen LogP contribution < -0.4 is 11.2 Å². The molecule has 2 rings (SSSR count). The van der Waals surface area contributed by atoms with E-state index in [1.165, 1.54) is 7.11 Å². The van der Waals surface area contributed by atoms with Gasteiger partial charge in [0.05, 0.1) is 12.8 Å². The predicted octanol–water partition coefficient (Wildman–Crippen LogP) is 1.84. The summed E-state index contributed by atoms with van der Waals surface area (Å²) in [6.07, 6.45) is 0. The Balaban J connectivity index is 2.35. The predicted molar refractivity (Wildman–Crippen MR) is 62.4 cm³/mol. The zero-order chi connectivity index (χ0) is 11.5. The SMILES string of the molecule is CONC(N)=Nc1ccc2oc(C)cc2c1. The van der Waals surface area contributed by atoms with Crippen molar-refractivity contribution in [2.45, 2.75) is 6.92 Å². The second kappa shape index (κ2) is 4.24. The molecule has 5 heteroatoms. The molecule has 0 fully saturated rings. The molecule has 0 saturated carbocycles. The van der Waals surface area contributed by atoms with Gasteiger partial charge in [-0.2, -0.15) is 0 Å². The summed E-state index contributed by atoms with van der Waals surface area (Å²) in [6.45, 7) is 1.91. The second-order valence-electron chi connectivity index (χ2n) is 3.38. The van der Waals surface area contributed by atoms with Crippen molar-refractivity contribution in [1.29, 1.82) is 0 Å². The lowest BCUT2D eigenvalue weighted by molar-refractivity contribution is 0.143. The number of fused-ring (bicyclic) bond motifs is 1. The number of hydrogen-bond donors (Lipinski definition) is 2. The van der Waals surface area contributed by atoms with Crippen LogP contribution in [0.25, 0.3) is 11.0 Å². The van der Waals surface area contributed by atoms with E-state index >= 15 is 0 Å². The fraction of sp³-hybridized carbons (Fsp3) is 0.182. The maximum absolute atomic E-state index is 5.56. The molecule has 0 saturated heterocycles. The second-order valence-corrected chi connectivity index (χ2v) is 3.38. The number of rotatable bonds is 2. The van der Waals surface area contributed by atoms with E-state index in [9.17, 15) is 0 Å². The van der Waals surface area contributed by atoms with E-state index in [2.05, 4.69) is 15.3 Å². The fourth-order valence-electron chi connectivity index (χ4n) is 1.50. The highest BCUT2D eigenvalue weighted by Crippen LogP contribution is 2.23. The van der Waals surface area contributed by atoms with Crippen LogP contribution in [0.1, 0.15) is 5.76 Å². The topological polar surface area (TPSA) is 72.8 Å². The molecule has 0 amide bonds. The molecule has 0 aliphatic heterocycles. The molecule has 0 radical (unpaired) electrons. The lowest BCUT2D eigenvalue weighted by atomic mass is 10.2. The van der Waals surface area contributed by atoms with Crippen molar-refractivity contribution in [3.05, 3.63) is 30.0 Å². The zero-order valence-corrected chi connectivity index (χ0v) is 9.15. The Labute approximate surface area is 92.9 Å². The van der Waals surface area contributed by atoms with E-state index in [0.717, 1.165) is 22.4 Å². The molecule has 0 unspecified atom stereocenters. The van der Waals surface area contributed by atoms with Crippen LogP contribution in [0.2, 0.25) is 0 Å². The van der Waals surface area contributed by atoms with Crippen LogP contribution >= 0.6 is 0 Å². The molecule has 0 bridgehead atoms. The van der Waals surface area contributed by atoms with Crippen molar-refractivity contribution in [2.75, 3.05) is 7.11 Å². The van der Waals surface area contributed by atoms with Gasteiger partial charge in [0.15, 0.2) is 0 Å². The van der Waals surface area contributed by atoms with Crippen molar-refractivity contribution in [1.82, 2.24) is 5.48 Å². The summed E-state index contributed by atoms with van der Waals surface area (Å²) < 4.78 is 5.46. The number of aryl methyl sites for hydroxylation is 1. The van der Waals surface area contributed by atoms with Crippen LogP contribution in [0, 0.1) is 6.92 Å². The molecule has 0 aliphatic carbocycles. The average Bonchev–Trinajstić information content (AvgIpc) is 2.57. The van der Waals surface area contributed by atoms with E-state index in [-0.39, 0.29) is 5.96 Å². The molecule has 2 aromatic rings. The summed E-state index contributed by atoms with van der Waals surface area (Å²) in [5.74, 6) is 1.08. The molecule has 1 heterocycles. The van der Waals surface area contributed by atoms with E-state index in [1.54, 1.807) is 0 Å². The van der Waals surface area contributed by atoms with E-state index in [0.29, 0.717) is 0 Å².